The maximum atomic E-state index is 11.9. The molecule has 3 N–H and O–H groups in total. The number of rotatable bonds is 10. The van der Waals surface area contributed by atoms with E-state index >= 15 is 0 Å². The van der Waals surface area contributed by atoms with E-state index < -0.39 is 0 Å². The van der Waals surface area contributed by atoms with Gasteiger partial charge in [0.05, 0.1) is 18.7 Å². The highest BCUT2D eigenvalue weighted by Gasteiger charge is 2.44. The van der Waals surface area contributed by atoms with Crippen molar-refractivity contribution >= 4 is 5.91 Å². The van der Waals surface area contributed by atoms with Crippen LogP contribution >= 0.6 is 0 Å². The predicted molar refractivity (Wildman–Crippen MR) is 101 cm³/mol. The molecule has 0 aromatic rings. The Kier molecular flexibility index (Phi) is 9.60. The molecule has 1 saturated carbocycles. The van der Waals surface area contributed by atoms with Crippen molar-refractivity contribution < 1.29 is 9.53 Å². The lowest BCUT2D eigenvalue weighted by Gasteiger charge is -2.46. The third-order valence-corrected chi connectivity index (χ3v) is 5.30. The Bertz CT molecular complexity index is 393. The van der Waals surface area contributed by atoms with Crippen LogP contribution < -0.4 is 11.1 Å². The standard InChI is InChI=1S/C20H38N2O2/c1-5-6-7-8-9-10-11-12-16-13-14-20(2,3)19(24-4)18(16)22-17(23)15-21/h11-12,16,18-19H,5-10,13-15,21H2,1-4H3,(H,22,23)/t16-,18+,19-/m1/s1. The van der Waals surface area contributed by atoms with Crippen molar-refractivity contribution in [1.29, 1.82) is 0 Å². The van der Waals surface area contributed by atoms with Gasteiger partial charge in [-0.3, -0.25) is 4.79 Å². The lowest BCUT2D eigenvalue weighted by molar-refractivity contribution is -0.125. The highest BCUT2D eigenvalue weighted by molar-refractivity contribution is 5.78. The fourth-order valence-corrected chi connectivity index (χ4v) is 3.82. The van der Waals surface area contributed by atoms with E-state index in [9.17, 15) is 4.79 Å². The van der Waals surface area contributed by atoms with Crippen LogP contribution in [0.4, 0.5) is 0 Å². The molecule has 1 aliphatic rings. The zero-order valence-corrected chi connectivity index (χ0v) is 16.1. The van der Waals surface area contributed by atoms with Crippen molar-refractivity contribution in [3.8, 4) is 0 Å². The van der Waals surface area contributed by atoms with Gasteiger partial charge in [0.25, 0.3) is 0 Å². The van der Waals surface area contributed by atoms with E-state index in [1.807, 2.05) is 0 Å². The summed E-state index contributed by atoms with van der Waals surface area (Å²) in [5.74, 6) is 0.229. The highest BCUT2D eigenvalue weighted by atomic mass is 16.5. The van der Waals surface area contributed by atoms with E-state index in [2.05, 4.69) is 38.2 Å². The summed E-state index contributed by atoms with van der Waals surface area (Å²) in [5, 5.41) is 3.10. The topological polar surface area (TPSA) is 64.3 Å². The number of nitrogens with two attached hydrogens (primary N) is 1. The predicted octanol–water partition coefficient (Wildman–Crippen LogP) is 3.80. The van der Waals surface area contributed by atoms with Gasteiger partial charge in [-0.05, 0) is 37.0 Å². The highest BCUT2D eigenvalue weighted by Crippen LogP contribution is 2.40. The van der Waals surface area contributed by atoms with Crippen LogP contribution in [0.5, 0.6) is 0 Å². The molecule has 1 amide bonds. The van der Waals surface area contributed by atoms with Crippen LogP contribution in [-0.2, 0) is 9.53 Å². The van der Waals surface area contributed by atoms with Crippen LogP contribution in [0.3, 0.4) is 0 Å². The molecule has 140 valence electrons. The molecule has 1 aliphatic carbocycles. The van der Waals surface area contributed by atoms with Gasteiger partial charge in [-0.25, -0.2) is 0 Å². The van der Waals surface area contributed by atoms with E-state index in [-0.39, 0.29) is 30.0 Å². The lowest BCUT2D eigenvalue weighted by atomic mass is 9.67. The van der Waals surface area contributed by atoms with Gasteiger partial charge in [-0.15, -0.1) is 0 Å². The number of methoxy groups -OCH3 is 1. The molecule has 0 spiro atoms. The number of unbranched alkanes of at least 4 members (excludes halogenated alkanes) is 5. The van der Waals surface area contributed by atoms with Gasteiger partial charge in [0.15, 0.2) is 0 Å². The monoisotopic (exact) mass is 338 g/mol. The number of amides is 1. The van der Waals surface area contributed by atoms with Gasteiger partial charge in [0.1, 0.15) is 0 Å². The average molecular weight is 339 g/mol. The molecule has 3 atom stereocenters. The molecule has 0 aliphatic heterocycles. The molecular formula is C20H38N2O2. The van der Waals surface area contributed by atoms with Crippen molar-refractivity contribution in [3.63, 3.8) is 0 Å². The third kappa shape index (κ3) is 6.56. The number of hydrogen-bond donors (Lipinski definition) is 2. The van der Waals surface area contributed by atoms with E-state index in [0.29, 0.717) is 5.92 Å². The zero-order chi connectivity index (χ0) is 18.0. The van der Waals surface area contributed by atoms with Gasteiger partial charge in [-0.2, -0.15) is 0 Å². The summed E-state index contributed by atoms with van der Waals surface area (Å²) in [5.41, 5.74) is 5.56. The summed E-state index contributed by atoms with van der Waals surface area (Å²) in [6.45, 7) is 6.71. The molecule has 0 heterocycles. The minimum atomic E-state index is -0.0993. The molecule has 4 nitrogen and oxygen atoms in total. The van der Waals surface area contributed by atoms with Crippen molar-refractivity contribution in [1.82, 2.24) is 5.32 Å². The summed E-state index contributed by atoms with van der Waals surface area (Å²) in [6.07, 6.45) is 14.4. The average Bonchev–Trinajstić information content (AvgIpc) is 2.55. The number of allylic oxidation sites excluding steroid dienone is 1. The van der Waals surface area contributed by atoms with Crippen LogP contribution in [0.1, 0.15) is 72.1 Å². The van der Waals surface area contributed by atoms with Gasteiger partial charge in [0.2, 0.25) is 5.91 Å². The smallest absolute Gasteiger partial charge is 0.234 e. The first-order valence-electron chi connectivity index (χ1n) is 9.65. The summed E-state index contributed by atoms with van der Waals surface area (Å²) >= 11 is 0. The quantitative estimate of drug-likeness (QED) is 0.470. The number of carbonyl (C=O) groups is 1. The Morgan fingerprint density at radius 1 is 1.29 bits per heavy atom. The number of nitrogens with one attached hydrogen (secondary N) is 1. The van der Waals surface area contributed by atoms with E-state index in [1.54, 1.807) is 7.11 Å². The molecule has 0 bridgehead atoms. The molecule has 0 saturated heterocycles. The maximum Gasteiger partial charge on any atom is 0.234 e. The first-order valence-corrected chi connectivity index (χ1v) is 9.65. The van der Waals surface area contributed by atoms with Crippen molar-refractivity contribution in [2.24, 2.45) is 17.1 Å². The molecule has 1 fully saturated rings. The fourth-order valence-electron chi connectivity index (χ4n) is 3.82. The minimum absolute atomic E-state index is 0.00569. The van der Waals surface area contributed by atoms with Crippen LogP contribution in [0.2, 0.25) is 0 Å². The second-order valence-corrected chi connectivity index (χ2v) is 7.78. The summed E-state index contributed by atoms with van der Waals surface area (Å²) < 4.78 is 5.78. The minimum Gasteiger partial charge on any atom is -0.379 e. The molecule has 0 aromatic heterocycles. The summed E-state index contributed by atoms with van der Waals surface area (Å²) in [7, 11) is 1.74. The zero-order valence-electron chi connectivity index (χ0n) is 16.1. The lowest BCUT2D eigenvalue weighted by Crippen LogP contribution is -2.57. The molecule has 1 rings (SSSR count). The first-order chi connectivity index (χ1) is 11.5. The van der Waals surface area contributed by atoms with E-state index in [4.69, 9.17) is 10.5 Å². The van der Waals surface area contributed by atoms with Gasteiger partial charge in [-0.1, -0.05) is 58.6 Å². The Balaban J connectivity index is 2.63. The van der Waals surface area contributed by atoms with Crippen LogP contribution in [0.15, 0.2) is 12.2 Å². The Labute approximate surface area is 148 Å². The van der Waals surface area contributed by atoms with Gasteiger partial charge >= 0.3 is 0 Å². The van der Waals surface area contributed by atoms with Crippen LogP contribution in [0, 0.1) is 11.3 Å². The molecule has 0 aromatic carbocycles. The summed E-state index contributed by atoms with van der Waals surface area (Å²) in [4.78, 5) is 11.9. The third-order valence-electron chi connectivity index (χ3n) is 5.30. The SMILES string of the molecule is CCCCCCCC=C[C@@H]1CCC(C)(C)[C@H](OC)[C@H]1NC(=O)CN. The second kappa shape index (κ2) is 10.9. The molecule has 0 unspecified atom stereocenters. The first kappa shape index (κ1) is 21.2. The number of hydrogen-bond acceptors (Lipinski definition) is 3. The molecule has 24 heavy (non-hydrogen) atoms. The Morgan fingerprint density at radius 3 is 2.62 bits per heavy atom. The molecular weight excluding hydrogens is 300 g/mol. The van der Waals surface area contributed by atoms with Gasteiger partial charge in [0, 0.05) is 7.11 Å². The second-order valence-electron chi connectivity index (χ2n) is 7.78. The van der Waals surface area contributed by atoms with Crippen LogP contribution in [0.25, 0.3) is 0 Å². The number of carbonyl (C=O) groups excluding carboxylic acids is 1. The fraction of sp³-hybridized carbons (Fsp3) is 0.850. The number of ether oxygens (including phenoxy) is 1. The van der Waals surface area contributed by atoms with Gasteiger partial charge < -0.3 is 15.8 Å². The van der Waals surface area contributed by atoms with Crippen molar-refractivity contribution in [2.75, 3.05) is 13.7 Å². The van der Waals surface area contributed by atoms with E-state index in [1.165, 1.54) is 32.1 Å². The van der Waals surface area contributed by atoms with Crippen molar-refractivity contribution in [3.05, 3.63) is 12.2 Å². The van der Waals surface area contributed by atoms with E-state index in [0.717, 1.165) is 19.3 Å². The largest absolute Gasteiger partial charge is 0.379 e. The Morgan fingerprint density at radius 2 is 2.00 bits per heavy atom. The molecule has 4 heteroatoms. The van der Waals surface area contributed by atoms with Crippen LogP contribution in [-0.4, -0.2) is 31.7 Å². The summed E-state index contributed by atoms with van der Waals surface area (Å²) in [6, 6.07) is 0.00569. The normalized spacial score (nSPS) is 26.6. The molecule has 0 radical (unpaired) electrons. The Hall–Kier alpha value is -0.870. The maximum absolute atomic E-state index is 11.9. The van der Waals surface area contributed by atoms with Crippen molar-refractivity contribution in [2.45, 2.75) is 84.3 Å².